The van der Waals surface area contributed by atoms with E-state index in [9.17, 15) is 18.8 Å². The highest BCUT2D eigenvalue weighted by atomic mass is 19.1. The Morgan fingerprint density at radius 1 is 0.939 bits per heavy atom. The van der Waals surface area contributed by atoms with Gasteiger partial charge < -0.3 is 15.4 Å². The number of halogens is 1. The Morgan fingerprint density at radius 2 is 1.61 bits per heavy atom. The highest BCUT2D eigenvalue weighted by Gasteiger charge is 2.16. The van der Waals surface area contributed by atoms with E-state index in [1.165, 1.54) is 24.3 Å². The molecule has 0 aliphatic heterocycles. The molecule has 3 rings (SSSR count). The minimum atomic E-state index is -0.795. The van der Waals surface area contributed by atoms with Crippen LogP contribution in [0.15, 0.2) is 84.9 Å². The Kier molecular flexibility index (Phi) is 8.07. The lowest BCUT2D eigenvalue weighted by Gasteiger charge is -2.16. The van der Waals surface area contributed by atoms with Crippen LogP contribution >= 0.6 is 0 Å². The Balaban J connectivity index is 1.56. The summed E-state index contributed by atoms with van der Waals surface area (Å²) in [5.41, 5.74) is 1.74. The number of hydrogen-bond acceptors (Lipinski definition) is 4. The summed E-state index contributed by atoms with van der Waals surface area (Å²) in [5, 5.41) is 5.48. The fourth-order valence-corrected chi connectivity index (χ4v) is 3.03. The molecule has 7 heteroatoms. The average Bonchev–Trinajstić information content (AvgIpc) is 2.83. The number of benzene rings is 3. The van der Waals surface area contributed by atoms with Crippen molar-refractivity contribution in [1.29, 1.82) is 0 Å². The van der Waals surface area contributed by atoms with Crippen LogP contribution in [0.5, 0.6) is 0 Å². The summed E-state index contributed by atoms with van der Waals surface area (Å²) in [4.78, 5) is 36.9. The summed E-state index contributed by atoms with van der Waals surface area (Å²) in [6.45, 7) is 1.31. The van der Waals surface area contributed by atoms with E-state index in [2.05, 4.69) is 10.6 Å². The number of ether oxygens (including phenoxy) is 1. The van der Waals surface area contributed by atoms with Crippen LogP contribution in [0.2, 0.25) is 0 Å². The molecule has 0 fully saturated rings. The van der Waals surface area contributed by atoms with Crippen molar-refractivity contribution in [3.05, 3.63) is 107 Å². The number of hydrogen-bond donors (Lipinski definition) is 2. The van der Waals surface area contributed by atoms with E-state index >= 15 is 0 Å². The second-order valence-corrected chi connectivity index (χ2v) is 7.16. The number of carbonyl (C=O) groups is 3. The van der Waals surface area contributed by atoms with Crippen LogP contribution in [0.1, 0.15) is 34.5 Å². The summed E-state index contributed by atoms with van der Waals surface area (Å²) in [7, 11) is 0. The van der Waals surface area contributed by atoms with Crippen molar-refractivity contribution >= 4 is 29.5 Å². The molecule has 0 bridgehead atoms. The molecule has 3 aromatic carbocycles. The Bertz CT molecular complexity index is 1160. The molecular weight excluding hydrogens is 423 g/mol. The molecule has 0 heterocycles. The van der Waals surface area contributed by atoms with E-state index in [4.69, 9.17) is 4.74 Å². The molecule has 0 saturated heterocycles. The van der Waals surface area contributed by atoms with Gasteiger partial charge in [0, 0.05) is 11.6 Å². The Hall–Kier alpha value is -4.26. The first kappa shape index (κ1) is 23.4. The van der Waals surface area contributed by atoms with E-state index < -0.39 is 24.3 Å². The summed E-state index contributed by atoms with van der Waals surface area (Å²) >= 11 is 0. The minimum absolute atomic E-state index is 0.226. The monoisotopic (exact) mass is 446 g/mol. The van der Waals surface area contributed by atoms with Crippen LogP contribution in [0.3, 0.4) is 0 Å². The van der Waals surface area contributed by atoms with Crippen molar-refractivity contribution in [2.75, 3.05) is 11.9 Å². The summed E-state index contributed by atoms with van der Waals surface area (Å²) in [5.74, 6) is -2.24. The van der Waals surface area contributed by atoms with Gasteiger partial charge in [-0.1, -0.05) is 60.7 Å². The van der Waals surface area contributed by atoms with Crippen LogP contribution < -0.4 is 10.6 Å². The molecule has 1 unspecified atom stereocenters. The summed E-state index contributed by atoms with van der Waals surface area (Å²) in [6.07, 6.45) is 2.31. The van der Waals surface area contributed by atoms with Crippen molar-refractivity contribution in [1.82, 2.24) is 5.32 Å². The van der Waals surface area contributed by atoms with Gasteiger partial charge in [0.2, 0.25) is 0 Å². The first-order valence-electron chi connectivity index (χ1n) is 10.3. The van der Waals surface area contributed by atoms with Crippen LogP contribution in [-0.2, 0) is 14.3 Å². The zero-order chi connectivity index (χ0) is 23.6. The highest BCUT2D eigenvalue weighted by Crippen LogP contribution is 2.18. The van der Waals surface area contributed by atoms with Gasteiger partial charge in [0.15, 0.2) is 6.61 Å². The summed E-state index contributed by atoms with van der Waals surface area (Å²) < 4.78 is 18.5. The van der Waals surface area contributed by atoms with Crippen LogP contribution in [-0.4, -0.2) is 24.4 Å². The number of para-hydroxylation sites is 1. The normalized spacial score (nSPS) is 11.6. The molecule has 0 aliphatic carbocycles. The molecule has 33 heavy (non-hydrogen) atoms. The van der Waals surface area contributed by atoms with Gasteiger partial charge >= 0.3 is 5.97 Å². The molecule has 1 atom stereocenters. The number of nitrogens with one attached hydrogen (secondary N) is 2. The number of anilines is 1. The number of amides is 2. The van der Waals surface area contributed by atoms with Crippen molar-refractivity contribution in [2.24, 2.45) is 0 Å². The lowest BCUT2D eigenvalue weighted by molar-refractivity contribution is -0.142. The predicted octanol–water partition coefficient (Wildman–Crippen LogP) is 4.51. The fraction of sp³-hybridized carbons (Fsp3) is 0.115. The zero-order valence-corrected chi connectivity index (χ0v) is 18.0. The van der Waals surface area contributed by atoms with Crippen molar-refractivity contribution in [3.63, 3.8) is 0 Å². The first-order valence-corrected chi connectivity index (χ1v) is 10.3. The van der Waals surface area contributed by atoms with Gasteiger partial charge in [-0.3, -0.25) is 9.59 Å². The van der Waals surface area contributed by atoms with Gasteiger partial charge in [0.1, 0.15) is 5.82 Å². The maximum Gasteiger partial charge on any atom is 0.331 e. The topological polar surface area (TPSA) is 84.5 Å². The third kappa shape index (κ3) is 6.87. The SMILES string of the molecule is CC(NC(=O)c1ccccc1NC(=O)COC(=O)/C=C/c1ccccc1F)c1ccccc1. The molecule has 6 nitrogen and oxygen atoms in total. The van der Waals surface area contributed by atoms with Gasteiger partial charge in [-0.2, -0.15) is 0 Å². The first-order chi connectivity index (χ1) is 15.9. The third-order valence-electron chi connectivity index (χ3n) is 4.74. The number of carbonyl (C=O) groups excluding carboxylic acids is 3. The maximum atomic E-state index is 13.6. The van der Waals surface area contributed by atoms with Crippen LogP contribution in [0, 0.1) is 5.82 Å². The molecule has 0 aliphatic rings. The molecule has 2 N–H and O–H groups in total. The van der Waals surface area contributed by atoms with Gasteiger partial charge in [0.05, 0.1) is 17.3 Å². The van der Waals surface area contributed by atoms with Gasteiger partial charge in [-0.05, 0) is 36.8 Å². The van der Waals surface area contributed by atoms with Gasteiger partial charge in [-0.25, -0.2) is 9.18 Å². The minimum Gasteiger partial charge on any atom is -0.452 e. The Labute approximate surface area is 191 Å². The van der Waals surface area contributed by atoms with Gasteiger partial charge in [-0.15, -0.1) is 0 Å². The van der Waals surface area contributed by atoms with E-state index in [0.29, 0.717) is 5.69 Å². The second-order valence-electron chi connectivity index (χ2n) is 7.16. The number of rotatable bonds is 8. The lowest BCUT2D eigenvalue weighted by Crippen LogP contribution is -2.28. The lowest BCUT2D eigenvalue weighted by atomic mass is 10.1. The quantitative estimate of drug-likeness (QED) is 0.394. The molecule has 168 valence electrons. The van der Waals surface area contributed by atoms with Crippen molar-refractivity contribution < 1.29 is 23.5 Å². The van der Waals surface area contributed by atoms with Crippen LogP contribution in [0.25, 0.3) is 6.08 Å². The Morgan fingerprint density at radius 3 is 2.36 bits per heavy atom. The summed E-state index contributed by atoms with van der Waals surface area (Å²) in [6, 6.07) is 21.7. The average molecular weight is 446 g/mol. The second kappa shape index (κ2) is 11.4. The highest BCUT2D eigenvalue weighted by molar-refractivity contribution is 6.04. The predicted molar refractivity (Wildman–Crippen MR) is 124 cm³/mol. The van der Waals surface area contributed by atoms with E-state index in [0.717, 1.165) is 11.6 Å². The van der Waals surface area contributed by atoms with Crippen molar-refractivity contribution in [2.45, 2.75) is 13.0 Å². The smallest absolute Gasteiger partial charge is 0.331 e. The van der Waals surface area contributed by atoms with Gasteiger partial charge in [0.25, 0.3) is 11.8 Å². The maximum absolute atomic E-state index is 13.6. The molecule has 0 saturated carbocycles. The molecule has 2 amide bonds. The van der Waals surface area contributed by atoms with E-state index in [1.54, 1.807) is 30.3 Å². The molecule has 3 aromatic rings. The molecule has 0 aromatic heterocycles. The van der Waals surface area contributed by atoms with Crippen LogP contribution in [0.4, 0.5) is 10.1 Å². The standard InChI is InChI=1S/C26H23FN2O4/c1-18(19-9-3-2-4-10-19)28-26(32)21-12-6-8-14-23(21)29-24(30)17-33-25(31)16-15-20-11-5-7-13-22(20)27/h2-16,18H,17H2,1H3,(H,28,32)(H,29,30)/b16-15+. The van der Waals surface area contributed by atoms with E-state index in [-0.39, 0.29) is 23.1 Å². The molecule has 0 spiro atoms. The molecular formula is C26H23FN2O4. The van der Waals surface area contributed by atoms with Crippen molar-refractivity contribution in [3.8, 4) is 0 Å². The largest absolute Gasteiger partial charge is 0.452 e. The zero-order valence-electron chi connectivity index (χ0n) is 18.0. The molecule has 0 radical (unpaired) electrons. The number of esters is 1. The third-order valence-corrected chi connectivity index (χ3v) is 4.74. The van der Waals surface area contributed by atoms with E-state index in [1.807, 2.05) is 37.3 Å². The fourth-order valence-electron chi connectivity index (χ4n) is 3.03.